The third-order valence-corrected chi connectivity index (χ3v) is 4.74. The van der Waals surface area contributed by atoms with Gasteiger partial charge >= 0.3 is 0 Å². The van der Waals surface area contributed by atoms with E-state index < -0.39 is 0 Å². The molecule has 0 bridgehead atoms. The molecule has 0 amide bonds. The molecule has 4 heteroatoms. The molecular formula is C17H27FN2O. The van der Waals surface area contributed by atoms with Gasteiger partial charge in [-0.15, -0.1) is 0 Å². The number of rotatable bonds is 6. The Morgan fingerprint density at radius 1 is 1.29 bits per heavy atom. The maximum absolute atomic E-state index is 14.0. The van der Waals surface area contributed by atoms with E-state index in [1.165, 1.54) is 6.07 Å². The summed E-state index contributed by atoms with van der Waals surface area (Å²) in [5.74, 6) is -0.122. The fourth-order valence-electron chi connectivity index (χ4n) is 3.08. The van der Waals surface area contributed by atoms with E-state index in [1.807, 2.05) is 12.1 Å². The molecule has 0 aliphatic carbocycles. The number of nitrogens with one attached hydrogen (secondary N) is 1. The first-order valence-corrected chi connectivity index (χ1v) is 7.82. The van der Waals surface area contributed by atoms with E-state index in [1.54, 1.807) is 6.07 Å². The van der Waals surface area contributed by atoms with Crippen LogP contribution in [0.2, 0.25) is 0 Å². The van der Waals surface area contributed by atoms with Crippen LogP contribution in [-0.4, -0.2) is 44.3 Å². The molecule has 1 aromatic carbocycles. The summed E-state index contributed by atoms with van der Waals surface area (Å²) in [6.07, 6.45) is 2.91. The molecule has 1 aliphatic heterocycles. The van der Waals surface area contributed by atoms with Gasteiger partial charge in [-0.1, -0.05) is 25.1 Å². The van der Waals surface area contributed by atoms with Crippen LogP contribution in [-0.2, 0) is 4.74 Å². The van der Waals surface area contributed by atoms with Crippen molar-refractivity contribution in [1.82, 2.24) is 10.2 Å². The van der Waals surface area contributed by atoms with Crippen molar-refractivity contribution in [1.29, 1.82) is 0 Å². The number of likely N-dealkylation sites (N-methyl/N-ethyl adjacent to an activating group) is 1. The van der Waals surface area contributed by atoms with Crippen LogP contribution in [0.5, 0.6) is 0 Å². The molecule has 1 atom stereocenters. The Balaban J connectivity index is 2.06. The number of halogens is 1. The molecular weight excluding hydrogens is 267 g/mol. The van der Waals surface area contributed by atoms with E-state index in [9.17, 15) is 4.39 Å². The Bertz CT molecular complexity index is 444. The quantitative estimate of drug-likeness (QED) is 0.873. The third-order valence-electron chi connectivity index (χ3n) is 4.74. The maximum atomic E-state index is 14.0. The van der Waals surface area contributed by atoms with Crippen LogP contribution in [0.15, 0.2) is 24.3 Å². The van der Waals surface area contributed by atoms with Crippen molar-refractivity contribution in [2.45, 2.75) is 37.8 Å². The second-order valence-corrected chi connectivity index (χ2v) is 6.09. The highest BCUT2D eigenvalue weighted by Gasteiger charge is 2.35. The van der Waals surface area contributed by atoms with E-state index in [4.69, 9.17) is 4.74 Å². The van der Waals surface area contributed by atoms with Crippen LogP contribution in [0.1, 0.15) is 37.8 Å². The smallest absolute Gasteiger partial charge is 0.127 e. The number of hydrogen-bond donors (Lipinski definition) is 1. The van der Waals surface area contributed by atoms with Crippen LogP contribution in [0.25, 0.3) is 0 Å². The molecule has 1 heterocycles. The molecule has 1 aromatic rings. The Morgan fingerprint density at radius 2 is 1.95 bits per heavy atom. The van der Waals surface area contributed by atoms with Crippen molar-refractivity contribution in [3.8, 4) is 0 Å². The van der Waals surface area contributed by atoms with Gasteiger partial charge < -0.3 is 15.0 Å². The highest BCUT2D eigenvalue weighted by Crippen LogP contribution is 2.27. The van der Waals surface area contributed by atoms with Gasteiger partial charge in [0.2, 0.25) is 0 Å². The number of nitrogens with zero attached hydrogens (tertiary/aromatic N) is 1. The van der Waals surface area contributed by atoms with Crippen molar-refractivity contribution in [2.75, 3.05) is 33.9 Å². The summed E-state index contributed by atoms with van der Waals surface area (Å²) in [5.41, 5.74) is 0.873. The molecule has 0 aromatic heterocycles. The van der Waals surface area contributed by atoms with Gasteiger partial charge in [0.1, 0.15) is 5.82 Å². The van der Waals surface area contributed by atoms with Crippen molar-refractivity contribution >= 4 is 0 Å². The Hall–Kier alpha value is -0.970. The lowest BCUT2D eigenvalue weighted by Crippen LogP contribution is -2.55. The Labute approximate surface area is 127 Å². The van der Waals surface area contributed by atoms with E-state index in [-0.39, 0.29) is 17.4 Å². The first-order chi connectivity index (χ1) is 10.1. The van der Waals surface area contributed by atoms with Crippen molar-refractivity contribution < 1.29 is 9.13 Å². The van der Waals surface area contributed by atoms with Gasteiger partial charge in [-0.2, -0.15) is 0 Å². The monoisotopic (exact) mass is 294 g/mol. The molecule has 0 radical (unpaired) electrons. The minimum Gasteiger partial charge on any atom is -0.381 e. The lowest BCUT2D eigenvalue weighted by atomic mass is 9.88. The van der Waals surface area contributed by atoms with Gasteiger partial charge in [0.05, 0.1) is 0 Å². The first kappa shape index (κ1) is 16.4. The lowest BCUT2D eigenvalue weighted by molar-refractivity contribution is -0.00839. The standard InChI is InChI=1S/C17H27FN2O/c1-4-16(14-7-5-6-8-15(14)18)19-13-17(20(2)3)9-11-21-12-10-17/h5-8,16,19H,4,9-13H2,1-3H3/t16-/m0/s1. The summed E-state index contributed by atoms with van der Waals surface area (Å²) in [7, 11) is 4.24. The van der Waals surface area contributed by atoms with Gasteiger partial charge in [-0.25, -0.2) is 4.39 Å². The fraction of sp³-hybridized carbons (Fsp3) is 0.647. The number of hydrogen-bond acceptors (Lipinski definition) is 3. The number of benzene rings is 1. The molecule has 2 rings (SSSR count). The molecule has 21 heavy (non-hydrogen) atoms. The molecule has 0 unspecified atom stereocenters. The highest BCUT2D eigenvalue weighted by atomic mass is 19.1. The highest BCUT2D eigenvalue weighted by molar-refractivity contribution is 5.21. The summed E-state index contributed by atoms with van der Waals surface area (Å²) in [4.78, 5) is 2.29. The van der Waals surface area contributed by atoms with E-state index in [0.29, 0.717) is 0 Å². The molecule has 1 saturated heterocycles. The lowest BCUT2D eigenvalue weighted by Gasteiger charge is -2.43. The van der Waals surface area contributed by atoms with Gasteiger partial charge in [0.25, 0.3) is 0 Å². The zero-order chi connectivity index (χ0) is 15.3. The van der Waals surface area contributed by atoms with Gasteiger partial charge in [0.15, 0.2) is 0 Å². The third kappa shape index (κ3) is 3.82. The van der Waals surface area contributed by atoms with Crippen molar-refractivity contribution in [3.05, 3.63) is 35.6 Å². The first-order valence-electron chi connectivity index (χ1n) is 7.82. The zero-order valence-corrected chi connectivity index (χ0v) is 13.4. The largest absolute Gasteiger partial charge is 0.381 e. The van der Waals surface area contributed by atoms with Gasteiger partial charge in [-0.05, 0) is 39.4 Å². The minimum atomic E-state index is -0.122. The zero-order valence-electron chi connectivity index (χ0n) is 13.4. The minimum absolute atomic E-state index is 0.0610. The predicted molar refractivity (Wildman–Crippen MR) is 83.9 cm³/mol. The van der Waals surface area contributed by atoms with Crippen molar-refractivity contribution in [2.24, 2.45) is 0 Å². The summed E-state index contributed by atoms with van der Waals surface area (Å²) >= 11 is 0. The number of ether oxygens (including phenoxy) is 1. The maximum Gasteiger partial charge on any atom is 0.127 e. The van der Waals surface area contributed by atoms with Crippen molar-refractivity contribution in [3.63, 3.8) is 0 Å². The normalized spacial score (nSPS) is 19.7. The Kier molecular flexibility index (Phi) is 5.73. The Morgan fingerprint density at radius 3 is 2.52 bits per heavy atom. The van der Waals surface area contributed by atoms with E-state index >= 15 is 0 Å². The second-order valence-electron chi connectivity index (χ2n) is 6.09. The summed E-state index contributed by atoms with van der Waals surface area (Å²) in [5, 5.41) is 3.58. The molecule has 1 N–H and O–H groups in total. The predicted octanol–water partition coefficient (Wildman–Crippen LogP) is 2.98. The molecule has 1 fully saturated rings. The molecule has 1 aliphatic rings. The SMILES string of the molecule is CC[C@H](NCC1(N(C)C)CCOCC1)c1ccccc1F. The van der Waals surface area contributed by atoms with Gasteiger partial charge in [-0.3, -0.25) is 0 Å². The average molecular weight is 294 g/mol. The van der Waals surface area contributed by atoms with E-state index in [2.05, 4.69) is 31.2 Å². The van der Waals surface area contributed by atoms with Crippen LogP contribution < -0.4 is 5.32 Å². The van der Waals surface area contributed by atoms with Crippen LogP contribution in [0.4, 0.5) is 4.39 Å². The van der Waals surface area contributed by atoms with Crippen LogP contribution in [0, 0.1) is 5.82 Å². The van der Waals surface area contributed by atoms with Crippen LogP contribution in [0.3, 0.4) is 0 Å². The molecule has 0 saturated carbocycles. The molecule has 3 nitrogen and oxygen atoms in total. The fourth-order valence-corrected chi connectivity index (χ4v) is 3.08. The van der Waals surface area contributed by atoms with Crippen LogP contribution >= 0.6 is 0 Å². The second kappa shape index (κ2) is 7.34. The molecule has 118 valence electrons. The van der Waals surface area contributed by atoms with Gasteiger partial charge in [0, 0.05) is 36.9 Å². The topological polar surface area (TPSA) is 24.5 Å². The summed E-state index contributed by atoms with van der Waals surface area (Å²) in [6.45, 7) is 4.55. The molecule has 0 spiro atoms. The van der Waals surface area contributed by atoms with E-state index in [0.717, 1.165) is 44.6 Å². The average Bonchev–Trinajstić information content (AvgIpc) is 2.50. The summed E-state index contributed by atoms with van der Waals surface area (Å²) in [6, 6.07) is 7.12. The summed E-state index contributed by atoms with van der Waals surface area (Å²) < 4.78 is 19.5.